The third kappa shape index (κ3) is 3.61. The van der Waals surface area contributed by atoms with Crippen LogP contribution in [0.5, 0.6) is 11.5 Å². The molecule has 1 heterocycles. The Labute approximate surface area is 114 Å². The second-order valence-corrected chi connectivity index (χ2v) is 4.73. The number of hydrogen-bond donors (Lipinski definition) is 1. The van der Waals surface area contributed by atoms with Gasteiger partial charge in [0.2, 0.25) is 0 Å². The number of unbranched alkanes of at least 4 members (excludes halogenated alkanes) is 1. The Kier molecular flexibility index (Phi) is 5.05. The Balaban J connectivity index is 2.00. The van der Waals surface area contributed by atoms with Crippen LogP contribution in [0.4, 0.5) is 0 Å². The molecule has 1 saturated heterocycles. The molecule has 2 rings (SSSR count). The minimum absolute atomic E-state index is 0.145. The van der Waals surface area contributed by atoms with Crippen molar-refractivity contribution in [2.75, 3.05) is 13.2 Å². The number of phenolic OH excluding ortho intramolecular Hbond substituents is 1. The Hall–Kier alpha value is -1.26. The molecule has 0 bridgehead atoms. The summed E-state index contributed by atoms with van der Waals surface area (Å²) in [7, 11) is 0. The molecule has 4 nitrogen and oxygen atoms in total. The maximum atomic E-state index is 9.67. The van der Waals surface area contributed by atoms with Crippen LogP contribution in [0.25, 0.3) is 0 Å². The number of benzene rings is 1. The van der Waals surface area contributed by atoms with Gasteiger partial charge < -0.3 is 19.3 Å². The molecule has 1 fully saturated rings. The van der Waals surface area contributed by atoms with Crippen LogP contribution in [0.1, 0.15) is 45.0 Å². The van der Waals surface area contributed by atoms with Crippen molar-refractivity contribution in [3.8, 4) is 11.5 Å². The van der Waals surface area contributed by atoms with Crippen LogP contribution in [0.3, 0.4) is 0 Å². The summed E-state index contributed by atoms with van der Waals surface area (Å²) in [4.78, 5) is 0. The van der Waals surface area contributed by atoms with Crippen LogP contribution in [0, 0.1) is 0 Å². The second-order valence-electron chi connectivity index (χ2n) is 4.73. The van der Waals surface area contributed by atoms with Crippen molar-refractivity contribution >= 4 is 0 Å². The van der Waals surface area contributed by atoms with Crippen LogP contribution in [-0.4, -0.2) is 24.4 Å². The summed E-state index contributed by atoms with van der Waals surface area (Å²) in [6.07, 6.45) is 3.18. The topological polar surface area (TPSA) is 47.9 Å². The maximum Gasteiger partial charge on any atom is 0.184 e. The first-order chi connectivity index (χ1) is 9.24. The number of aromatic hydroxyl groups is 1. The quantitative estimate of drug-likeness (QED) is 0.857. The number of phenols is 1. The van der Waals surface area contributed by atoms with Gasteiger partial charge in [-0.05, 0) is 25.5 Å². The van der Waals surface area contributed by atoms with Crippen molar-refractivity contribution in [2.45, 2.75) is 45.5 Å². The highest BCUT2D eigenvalue weighted by Crippen LogP contribution is 2.34. The molecule has 1 N–H and O–H groups in total. The first-order valence-electron chi connectivity index (χ1n) is 6.97. The first kappa shape index (κ1) is 14.2. The lowest BCUT2D eigenvalue weighted by atomic mass is 10.2. The first-order valence-corrected chi connectivity index (χ1v) is 6.97. The van der Waals surface area contributed by atoms with E-state index in [4.69, 9.17) is 14.2 Å². The fraction of sp³-hybridized carbons (Fsp3) is 0.600. The zero-order chi connectivity index (χ0) is 13.7. The van der Waals surface area contributed by atoms with Crippen molar-refractivity contribution in [3.05, 3.63) is 23.8 Å². The van der Waals surface area contributed by atoms with Crippen molar-refractivity contribution in [1.29, 1.82) is 0 Å². The Morgan fingerprint density at radius 3 is 2.95 bits per heavy atom. The fourth-order valence-electron chi connectivity index (χ4n) is 2.15. The number of ether oxygens (including phenoxy) is 3. The molecule has 2 atom stereocenters. The molecule has 0 aliphatic carbocycles. The Morgan fingerprint density at radius 1 is 1.37 bits per heavy atom. The molecule has 1 aliphatic heterocycles. The van der Waals surface area contributed by atoms with Gasteiger partial charge in [-0.1, -0.05) is 25.8 Å². The molecule has 1 aliphatic rings. The van der Waals surface area contributed by atoms with Crippen molar-refractivity contribution in [3.63, 3.8) is 0 Å². The molecule has 106 valence electrons. The van der Waals surface area contributed by atoms with Gasteiger partial charge in [0.1, 0.15) is 0 Å². The summed E-state index contributed by atoms with van der Waals surface area (Å²) in [6, 6.07) is 5.21. The van der Waals surface area contributed by atoms with Crippen molar-refractivity contribution in [1.82, 2.24) is 0 Å². The lowest BCUT2D eigenvalue weighted by molar-refractivity contribution is -0.0614. The molecule has 1 aromatic rings. The van der Waals surface area contributed by atoms with E-state index in [2.05, 4.69) is 6.92 Å². The zero-order valence-corrected chi connectivity index (χ0v) is 11.6. The van der Waals surface area contributed by atoms with E-state index in [0.29, 0.717) is 19.0 Å². The van der Waals surface area contributed by atoms with E-state index in [0.717, 1.165) is 24.8 Å². The Bertz CT molecular complexity index is 405. The van der Waals surface area contributed by atoms with Gasteiger partial charge in [0.05, 0.1) is 19.3 Å². The van der Waals surface area contributed by atoms with Crippen molar-refractivity contribution in [2.24, 2.45) is 0 Å². The Morgan fingerprint density at radius 2 is 2.21 bits per heavy atom. The van der Waals surface area contributed by atoms with Crippen LogP contribution >= 0.6 is 0 Å². The van der Waals surface area contributed by atoms with Crippen molar-refractivity contribution < 1.29 is 19.3 Å². The summed E-state index contributed by atoms with van der Waals surface area (Å²) in [5, 5.41) is 9.67. The minimum Gasteiger partial charge on any atom is -0.504 e. The van der Waals surface area contributed by atoms with Gasteiger partial charge in [0.15, 0.2) is 17.8 Å². The number of rotatable bonds is 6. The molecule has 0 radical (unpaired) electrons. The predicted molar refractivity (Wildman–Crippen MR) is 72.4 cm³/mol. The lowest BCUT2D eigenvalue weighted by Crippen LogP contribution is -2.09. The van der Waals surface area contributed by atoms with Gasteiger partial charge in [-0.2, -0.15) is 0 Å². The third-order valence-corrected chi connectivity index (χ3v) is 3.19. The monoisotopic (exact) mass is 266 g/mol. The maximum absolute atomic E-state index is 9.67. The van der Waals surface area contributed by atoms with Gasteiger partial charge in [0.25, 0.3) is 0 Å². The summed E-state index contributed by atoms with van der Waals surface area (Å²) >= 11 is 0. The number of hydrogen-bond acceptors (Lipinski definition) is 4. The normalized spacial score (nSPS) is 22.6. The third-order valence-electron chi connectivity index (χ3n) is 3.19. The van der Waals surface area contributed by atoms with Gasteiger partial charge in [-0.3, -0.25) is 0 Å². The average Bonchev–Trinajstić information content (AvgIpc) is 2.88. The molecule has 0 spiro atoms. The minimum atomic E-state index is -0.346. The molecule has 19 heavy (non-hydrogen) atoms. The van der Waals surface area contributed by atoms with Gasteiger partial charge in [-0.25, -0.2) is 0 Å². The summed E-state index contributed by atoms with van der Waals surface area (Å²) in [5.41, 5.74) is 0.889. The lowest BCUT2D eigenvalue weighted by Gasteiger charge is -2.13. The smallest absolute Gasteiger partial charge is 0.184 e. The highest BCUT2D eigenvalue weighted by atomic mass is 16.7. The highest BCUT2D eigenvalue weighted by molar-refractivity contribution is 5.42. The molecule has 2 unspecified atom stereocenters. The fourth-order valence-corrected chi connectivity index (χ4v) is 2.15. The molecular weight excluding hydrogens is 244 g/mol. The van der Waals surface area contributed by atoms with E-state index in [9.17, 15) is 5.11 Å². The van der Waals surface area contributed by atoms with E-state index in [1.807, 2.05) is 13.0 Å². The molecule has 0 saturated carbocycles. The van der Waals surface area contributed by atoms with Gasteiger partial charge >= 0.3 is 0 Å². The van der Waals surface area contributed by atoms with E-state index in [-0.39, 0.29) is 18.1 Å². The predicted octanol–water partition coefficient (Wildman–Crippen LogP) is 3.40. The largest absolute Gasteiger partial charge is 0.504 e. The van der Waals surface area contributed by atoms with E-state index in [1.165, 1.54) is 0 Å². The van der Waals surface area contributed by atoms with E-state index in [1.54, 1.807) is 12.1 Å². The molecule has 0 aromatic heterocycles. The van der Waals surface area contributed by atoms with Crippen LogP contribution in [-0.2, 0) is 9.47 Å². The van der Waals surface area contributed by atoms with Crippen LogP contribution < -0.4 is 4.74 Å². The van der Waals surface area contributed by atoms with Crippen LogP contribution in [0.15, 0.2) is 18.2 Å². The summed E-state index contributed by atoms with van der Waals surface area (Å²) in [6.45, 7) is 5.20. The van der Waals surface area contributed by atoms with Crippen LogP contribution in [0.2, 0.25) is 0 Å². The molecule has 0 amide bonds. The zero-order valence-electron chi connectivity index (χ0n) is 11.6. The van der Waals surface area contributed by atoms with E-state index >= 15 is 0 Å². The second kappa shape index (κ2) is 6.78. The highest BCUT2D eigenvalue weighted by Gasteiger charge is 2.27. The average molecular weight is 266 g/mol. The summed E-state index contributed by atoms with van der Waals surface area (Å²) in [5.74, 6) is 0.621. The van der Waals surface area contributed by atoms with Gasteiger partial charge in [-0.15, -0.1) is 0 Å². The molecule has 1 aromatic carbocycles. The van der Waals surface area contributed by atoms with Gasteiger partial charge in [0, 0.05) is 5.56 Å². The molecular formula is C15H22O4. The van der Waals surface area contributed by atoms with E-state index < -0.39 is 0 Å². The molecule has 4 heteroatoms. The SMILES string of the molecule is CCCCC1COC(c2ccc(O)c(OCC)c2)O1. The standard InChI is InChI=1S/C15H22O4/c1-3-5-6-12-10-18-15(19-12)11-7-8-13(16)14(9-11)17-4-2/h7-9,12,15-16H,3-6,10H2,1-2H3. The summed E-state index contributed by atoms with van der Waals surface area (Å²) < 4.78 is 16.9.